The maximum Gasteiger partial charge on any atom is 0.417 e. The smallest absolute Gasteiger partial charge is 0.417 e. The first-order valence-corrected chi connectivity index (χ1v) is 4.40. The number of carboxylic acid groups (broad SMARTS) is 1. The molecule has 0 aliphatic rings. The Kier molecular flexibility index (Phi) is 3.23. The van der Waals surface area contributed by atoms with E-state index >= 15 is 0 Å². The Labute approximate surface area is 89.7 Å². The minimum atomic E-state index is -4.60. The summed E-state index contributed by atoms with van der Waals surface area (Å²) in [7, 11) is 0. The maximum absolute atomic E-state index is 12.7. The average molecular weight is 233 g/mol. The molecule has 88 valence electrons. The predicted molar refractivity (Wildman–Crippen MR) is 50.7 cm³/mol. The molecule has 6 heteroatoms. The zero-order valence-corrected chi connectivity index (χ0v) is 8.38. The Hall–Kier alpha value is -1.56. The van der Waals surface area contributed by atoms with Crippen LogP contribution in [0.2, 0.25) is 0 Å². The minimum Gasteiger partial charge on any atom is -0.480 e. The number of alkyl halides is 3. The Morgan fingerprint density at radius 2 is 2.00 bits per heavy atom. The zero-order valence-electron chi connectivity index (χ0n) is 8.38. The normalized spacial score (nSPS) is 13.6. The van der Waals surface area contributed by atoms with Gasteiger partial charge < -0.3 is 10.8 Å². The fourth-order valence-corrected chi connectivity index (χ4v) is 1.47. The molecule has 1 aromatic carbocycles. The van der Waals surface area contributed by atoms with Gasteiger partial charge in [0.1, 0.15) is 6.04 Å². The van der Waals surface area contributed by atoms with Crippen molar-refractivity contribution < 1.29 is 23.1 Å². The summed E-state index contributed by atoms with van der Waals surface area (Å²) in [5.41, 5.74) is 3.78. The van der Waals surface area contributed by atoms with Gasteiger partial charge in [-0.3, -0.25) is 4.79 Å². The van der Waals surface area contributed by atoms with Crippen LogP contribution in [0.4, 0.5) is 13.2 Å². The van der Waals surface area contributed by atoms with Gasteiger partial charge in [0, 0.05) is 0 Å². The fourth-order valence-electron chi connectivity index (χ4n) is 1.47. The van der Waals surface area contributed by atoms with Gasteiger partial charge in [0.25, 0.3) is 0 Å². The summed E-state index contributed by atoms with van der Waals surface area (Å²) in [5.74, 6) is -1.49. The number of carbonyl (C=O) groups is 1. The topological polar surface area (TPSA) is 63.3 Å². The van der Waals surface area contributed by atoms with Crippen molar-refractivity contribution in [2.45, 2.75) is 19.1 Å². The second-order valence-corrected chi connectivity index (χ2v) is 3.35. The molecule has 0 aromatic heterocycles. The van der Waals surface area contributed by atoms with Crippen LogP contribution in [0.5, 0.6) is 0 Å². The number of benzene rings is 1. The molecule has 3 N–H and O–H groups in total. The van der Waals surface area contributed by atoms with Crippen molar-refractivity contribution in [2.24, 2.45) is 5.73 Å². The minimum absolute atomic E-state index is 0.0401. The van der Waals surface area contributed by atoms with Crippen molar-refractivity contribution in [3.63, 3.8) is 0 Å². The second kappa shape index (κ2) is 4.13. The van der Waals surface area contributed by atoms with E-state index in [4.69, 9.17) is 10.8 Å². The van der Waals surface area contributed by atoms with E-state index in [-0.39, 0.29) is 5.56 Å². The first kappa shape index (κ1) is 12.5. The van der Waals surface area contributed by atoms with Crippen molar-refractivity contribution in [3.8, 4) is 0 Å². The quantitative estimate of drug-likeness (QED) is 0.822. The highest BCUT2D eigenvalue weighted by molar-refractivity contribution is 5.76. The number of hydrogen-bond donors (Lipinski definition) is 2. The summed E-state index contributed by atoms with van der Waals surface area (Å²) in [6.07, 6.45) is -4.60. The number of halogens is 3. The molecule has 0 saturated carbocycles. The van der Waals surface area contributed by atoms with Crippen LogP contribution in [0.15, 0.2) is 18.2 Å². The van der Waals surface area contributed by atoms with Crippen LogP contribution in [-0.2, 0) is 11.0 Å². The van der Waals surface area contributed by atoms with Gasteiger partial charge in [0.05, 0.1) is 5.56 Å². The molecule has 0 aliphatic carbocycles. The van der Waals surface area contributed by atoms with E-state index in [1.165, 1.54) is 19.1 Å². The molecule has 0 saturated heterocycles. The van der Waals surface area contributed by atoms with Crippen LogP contribution in [0.25, 0.3) is 0 Å². The Morgan fingerprint density at radius 1 is 1.44 bits per heavy atom. The highest BCUT2D eigenvalue weighted by atomic mass is 19.4. The molecule has 0 radical (unpaired) electrons. The first-order chi connectivity index (χ1) is 7.25. The number of aryl methyl sites for hydroxylation is 1. The molecule has 1 aromatic rings. The third kappa shape index (κ3) is 2.33. The van der Waals surface area contributed by atoms with Crippen molar-refractivity contribution in [1.29, 1.82) is 0 Å². The SMILES string of the molecule is Cc1cccc([C@H](N)C(=O)O)c1C(F)(F)F. The summed E-state index contributed by atoms with van der Waals surface area (Å²) in [5, 5.41) is 8.62. The Balaban J connectivity index is 3.40. The van der Waals surface area contributed by atoms with Gasteiger partial charge in [-0.25, -0.2) is 0 Å². The van der Waals surface area contributed by atoms with Gasteiger partial charge in [-0.2, -0.15) is 13.2 Å². The van der Waals surface area contributed by atoms with E-state index in [0.717, 1.165) is 6.07 Å². The molecule has 0 unspecified atom stereocenters. The summed E-state index contributed by atoms with van der Waals surface area (Å²) < 4.78 is 38.1. The molecule has 0 fully saturated rings. The van der Waals surface area contributed by atoms with E-state index in [9.17, 15) is 18.0 Å². The summed E-state index contributed by atoms with van der Waals surface area (Å²) >= 11 is 0. The van der Waals surface area contributed by atoms with Crippen LogP contribution in [-0.4, -0.2) is 11.1 Å². The number of hydrogen-bond acceptors (Lipinski definition) is 2. The van der Waals surface area contributed by atoms with E-state index < -0.39 is 29.3 Å². The van der Waals surface area contributed by atoms with E-state index in [1.807, 2.05) is 0 Å². The summed E-state index contributed by atoms with van der Waals surface area (Å²) in [6, 6.07) is 2.02. The van der Waals surface area contributed by atoms with Gasteiger partial charge in [0.15, 0.2) is 0 Å². The first-order valence-electron chi connectivity index (χ1n) is 4.40. The van der Waals surface area contributed by atoms with Gasteiger partial charge >= 0.3 is 12.1 Å². The molecule has 0 aliphatic heterocycles. The van der Waals surface area contributed by atoms with Gasteiger partial charge in [-0.05, 0) is 18.1 Å². The van der Waals surface area contributed by atoms with Gasteiger partial charge in [-0.15, -0.1) is 0 Å². The molecular formula is C10H10F3NO2. The monoisotopic (exact) mass is 233 g/mol. The molecule has 3 nitrogen and oxygen atoms in total. The molecule has 0 bridgehead atoms. The Morgan fingerprint density at radius 3 is 2.44 bits per heavy atom. The number of nitrogens with two attached hydrogens (primary N) is 1. The third-order valence-electron chi connectivity index (χ3n) is 2.19. The molecule has 0 spiro atoms. The van der Waals surface area contributed by atoms with Crippen LogP contribution in [0, 0.1) is 6.92 Å². The zero-order chi connectivity index (χ0) is 12.5. The average Bonchev–Trinajstić information content (AvgIpc) is 2.14. The lowest BCUT2D eigenvalue weighted by atomic mass is 9.96. The predicted octanol–water partition coefficient (Wildman–Crippen LogP) is 2.10. The standard InChI is InChI=1S/C10H10F3NO2/c1-5-3-2-4-6(8(14)9(15)16)7(5)10(11,12)13/h2-4,8H,14H2,1H3,(H,15,16)/t8-/m0/s1. The molecule has 16 heavy (non-hydrogen) atoms. The van der Waals surface area contributed by atoms with E-state index in [0.29, 0.717) is 0 Å². The number of rotatable bonds is 2. The fraction of sp³-hybridized carbons (Fsp3) is 0.300. The molecule has 0 heterocycles. The lowest BCUT2D eigenvalue weighted by Gasteiger charge is -2.17. The van der Waals surface area contributed by atoms with Crippen molar-refractivity contribution >= 4 is 5.97 Å². The van der Waals surface area contributed by atoms with Crippen molar-refractivity contribution in [1.82, 2.24) is 0 Å². The van der Waals surface area contributed by atoms with Crippen LogP contribution >= 0.6 is 0 Å². The van der Waals surface area contributed by atoms with Crippen molar-refractivity contribution in [3.05, 3.63) is 34.9 Å². The van der Waals surface area contributed by atoms with Gasteiger partial charge in [-0.1, -0.05) is 18.2 Å². The maximum atomic E-state index is 12.7. The molecule has 1 atom stereocenters. The van der Waals surface area contributed by atoms with Gasteiger partial charge in [0.2, 0.25) is 0 Å². The number of aliphatic carboxylic acids is 1. The second-order valence-electron chi connectivity index (χ2n) is 3.35. The molecule has 1 rings (SSSR count). The van der Waals surface area contributed by atoms with Crippen molar-refractivity contribution in [2.75, 3.05) is 0 Å². The van der Waals surface area contributed by atoms with Crippen LogP contribution in [0.1, 0.15) is 22.7 Å². The highest BCUT2D eigenvalue weighted by Gasteiger charge is 2.37. The summed E-state index contributed by atoms with van der Waals surface area (Å²) in [4.78, 5) is 10.6. The highest BCUT2D eigenvalue weighted by Crippen LogP contribution is 2.36. The number of carboxylic acids is 1. The summed E-state index contributed by atoms with van der Waals surface area (Å²) in [6.45, 7) is 1.26. The van der Waals surface area contributed by atoms with Crippen LogP contribution in [0.3, 0.4) is 0 Å². The molecule has 0 amide bonds. The molecular weight excluding hydrogens is 223 g/mol. The Bertz CT molecular complexity index is 415. The lowest BCUT2D eigenvalue weighted by Crippen LogP contribution is -2.25. The largest absolute Gasteiger partial charge is 0.480 e. The van der Waals surface area contributed by atoms with E-state index in [2.05, 4.69) is 0 Å². The van der Waals surface area contributed by atoms with Crippen LogP contribution < -0.4 is 5.73 Å². The third-order valence-corrected chi connectivity index (χ3v) is 2.19. The van der Waals surface area contributed by atoms with E-state index in [1.54, 1.807) is 0 Å². The lowest BCUT2D eigenvalue weighted by molar-refractivity contribution is -0.141.